The van der Waals surface area contributed by atoms with E-state index < -0.39 is 10.8 Å². The monoisotopic (exact) mass is 228 g/mol. The zero-order valence-electron chi connectivity index (χ0n) is 7.02. The van der Waals surface area contributed by atoms with E-state index in [0.29, 0.717) is 0 Å². The topological polar surface area (TPSA) is 17.1 Å². The van der Waals surface area contributed by atoms with Crippen molar-refractivity contribution in [1.82, 2.24) is 0 Å². The first-order chi connectivity index (χ1) is 6.29. The SMILES string of the molecule is CS(=O)c1ccsc1-c1ccsc1. The first-order valence-corrected chi connectivity index (χ1v) is 7.10. The van der Waals surface area contributed by atoms with Crippen LogP contribution in [0.25, 0.3) is 10.4 Å². The van der Waals surface area contributed by atoms with Gasteiger partial charge in [0.05, 0.1) is 20.6 Å². The summed E-state index contributed by atoms with van der Waals surface area (Å²) in [5, 5.41) is 6.11. The predicted molar refractivity (Wildman–Crippen MR) is 60.0 cm³/mol. The number of hydrogen-bond acceptors (Lipinski definition) is 3. The van der Waals surface area contributed by atoms with Crippen molar-refractivity contribution in [2.45, 2.75) is 4.90 Å². The average molecular weight is 228 g/mol. The molecule has 1 unspecified atom stereocenters. The summed E-state index contributed by atoms with van der Waals surface area (Å²) in [6.45, 7) is 0. The van der Waals surface area contributed by atoms with Crippen LogP contribution in [0, 0.1) is 0 Å². The van der Waals surface area contributed by atoms with E-state index >= 15 is 0 Å². The van der Waals surface area contributed by atoms with Crippen LogP contribution >= 0.6 is 22.7 Å². The third kappa shape index (κ3) is 1.75. The maximum atomic E-state index is 11.3. The van der Waals surface area contributed by atoms with Gasteiger partial charge in [0.2, 0.25) is 0 Å². The lowest BCUT2D eigenvalue weighted by Gasteiger charge is -1.96. The van der Waals surface area contributed by atoms with Gasteiger partial charge in [-0.1, -0.05) is 0 Å². The summed E-state index contributed by atoms with van der Waals surface area (Å²) in [5.41, 5.74) is 1.19. The molecule has 0 N–H and O–H groups in total. The Hall–Kier alpha value is -0.450. The Morgan fingerprint density at radius 2 is 2.15 bits per heavy atom. The molecule has 0 saturated heterocycles. The number of hydrogen-bond donors (Lipinski definition) is 0. The second-order valence-electron chi connectivity index (χ2n) is 2.58. The van der Waals surface area contributed by atoms with Gasteiger partial charge in [-0.3, -0.25) is 4.21 Å². The Balaban J connectivity index is 2.52. The van der Waals surface area contributed by atoms with Crippen molar-refractivity contribution in [1.29, 1.82) is 0 Å². The van der Waals surface area contributed by atoms with E-state index in [0.717, 1.165) is 9.77 Å². The number of rotatable bonds is 2. The summed E-state index contributed by atoms with van der Waals surface area (Å²) in [5.74, 6) is 0. The summed E-state index contributed by atoms with van der Waals surface area (Å²) >= 11 is 3.32. The highest BCUT2D eigenvalue weighted by Gasteiger charge is 2.09. The second-order valence-corrected chi connectivity index (χ2v) is 5.62. The summed E-state index contributed by atoms with van der Waals surface area (Å²) in [6, 6.07) is 4.00. The molecule has 0 saturated carbocycles. The molecular weight excluding hydrogens is 220 g/mol. The first-order valence-electron chi connectivity index (χ1n) is 3.72. The molecule has 0 spiro atoms. The second kappa shape index (κ2) is 3.74. The minimum absolute atomic E-state index is 0.879. The molecule has 2 heterocycles. The smallest absolute Gasteiger partial charge is 0.0571 e. The van der Waals surface area contributed by atoms with Gasteiger partial charge in [-0.25, -0.2) is 0 Å². The molecule has 1 atom stereocenters. The van der Waals surface area contributed by atoms with Gasteiger partial charge in [0.1, 0.15) is 0 Å². The molecule has 0 amide bonds. The molecule has 0 aliphatic carbocycles. The molecule has 68 valence electrons. The van der Waals surface area contributed by atoms with Crippen molar-refractivity contribution >= 4 is 33.5 Å². The average Bonchev–Trinajstić information content (AvgIpc) is 2.74. The van der Waals surface area contributed by atoms with E-state index in [9.17, 15) is 4.21 Å². The zero-order chi connectivity index (χ0) is 9.26. The summed E-state index contributed by atoms with van der Waals surface area (Å²) in [6.07, 6.45) is 1.72. The lowest BCUT2D eigenvalue weighted by molar-refractivity contribution is 0.687. The normalized spacial score (nSPS) is 13.0. The van der Waals surface area contributed by atoms with E-state index in [1.807, 2.05) is 16.8 Å². The molecule has 13 heavy (non-hydrogen) atoms. The molecule has 2 rings (SSSR count). The third-order valence-corrected chi connectivity index (χ3v) is 4.46. The van der Waals surface area contributed by atoms with Crippen LogP contribution < -0.4 is 0 Å². The largest absolute Gasteiger partial charge is 0.255 e. The van der Waals surface area contributed by atoms with Gasteiger partial charge < -0.3 is 0 Å². The molecule has 0 aliphatic heterocycles. The molecular formula is C9H8OS3. The quantitative estimate of drug-likeness (QED) is 0.771. The Morgan fingerprint density at radius 1 is 1.31 bits per heavy atom. The third-order valence-electron chi connectivity index (χ3n) is 1.72. The fourth-order valence-corrected chi connectivity index (χ4v) is 3.86. The lowest BCUT2D eigenvalue weighted by Crippen LogP contribution is -1.85. The van der Waals surface area contributed by atoms with Gasteiger partial charge in [-0.15, -0.1) is 11.3 Å². The van der Waals surface area contributed by atoms with Gasteiger partial charge in [-0.2, -0.15) is 11.3 Å². The molecule has 0 fully saturated rings. The maximum absolute atomic E-state index is 11.3. The van der Waals surface area contributed by atoms with Crippen LogP contribution in [0.2, 0.25) is 0 Å². The zero-order valence-corrected chi connectivity index (χ0v) is 9.47. The van der Waals surface area contributed by atoms with E-state index in [2.05, 4.69) is 11.4 Å². The van der Waals surface area contributed by atoms with E-state index in [1.54, 1.807) is 28.9 Å². The van der Waals surface area contributed by atoms with Crippen molar-refractivity contribution in [2.75, 3.05) is 6.26 Å². The highest BCUT2D eigenvalue weighted by atomic mass is 32.2. The van der Waals surface area contributed by atoms with Crippen LogP contribution in [0.3, 0.4) is 0 Å². The fourth-order valence-electron chi connectivity index (χ4n) is 1.13. The van der Waals surface area contributed by atoms with E-state index in [4.69, 9.17) is 0 Å². The van der Waals surface area contributed by atoms with Gasteiger partial charge in [0.15, 0.2) is 0 Å². The van der Waals surface area contributed by atoms with Crippen LogP contribution in [-0.4, -0.2) is 10.5 Å². The van der Waals surface area contributed by atoms with Crippen molar-refractivity contribution in [3.63, 3.8) is 0 Å². The molecule has 4 heteroatoms. The maximum Gasteiger partial charge on any atom is 0.0571 e. The van der Waals surface area contributed by atoms with E-state index in [1.165, 1.54) is 5.56 Å². The molecule has 0 bridgehead atoms. The standard InChI is InChI=1S/C9H8OS3/c1-13(10)8-3-5-12-9(8)7-2-4-11-6-7/h2-6H,1H3. The van der Waals surface area contributed by atoms with E-state index in [-0.39, 0.29) is 0 Å². The van der Waals surface area contributed by atoms with Gasteiger partial charge in [-0.05, 0) is 28.3 Å². The van der Waals surface area contributed by atoms with Crippen molar-refractivity contribution < 1.29 is 4.21 Å². The Bertz CT molecular complexity index is 414. The first kappa shape index (κ1) is 9.12. The molecule has 0 aliphatic rings. The minimum Gasteiger partial charge on any atom is -0.255 e. The Morgan fingerprint density at radius 3 is 2.77 bits per heavy atom. The highest BCUT2D eigenvalue weighted by Crippen LogP contribution is 2.32. The molecule has 0 aromatic carbocycles. The van der Waals surface area contributed by atoms with Crippen LogP contribution in [-0.2, 0) is 10.8 Å². The van der Waals surface area contributed by atoms with Crippen molar-refractivity contribution in [3.8, 4) is 10.4 Å². The lowest BCUT2D eigenvalue weighted by atomic mass is 10.3. The van der Waals surface area contributed by atoms with Gasteiger partial charge >= 0.3 is 0 Å². The Kier molecular flexibility index (Phi) is 2.62. The molecule has 0 radical (unpaired) electrons. The Labute approximate surface area is 87.5 Å². The summed E-state index contributed by atoms with van der Waals surface area (Å²) < 4.78 is 11.3. The highest BCUT2D eigenvalue weighted by molar-refractivity contribution is 7.84. The molecule has 2 aromatic heterocycles. The number of thiophene rings is 2. The van der Waals surface area contributed by atoms with Crippen molar-refractivity contribution in [2.24, 2.45) is 0 Å². The predicted octanol–water partition coefficient (Wildman–Crippen LogP) is 3.21. The van der Waals surface area contributed by atoms with Gasteiger partial charge in [0.25, 0.3) is 0 Å². The molecule has 1 nitrogen and oxygen atoms in total. The van der Waals surface area contributed by atoms with Crippen molar-refractivity contribution in [3.05, 3.63) is 28.3 Å². The minimum atomic E-state index is -0.879. The summed E-state index contributed by atoms with van der Waals surface area (Å²) in [7, 11) is -0.879. The molecule has 2 aromatic rings. The summed E-state index contributed by atoms with van der Waals surface area (Å²) in [4.78, 5) is 2.09. The van der Waals surface area contributed by atoms with Crippen LogP contribution in [0.15, 0.2) is 33.2 Å². The van der Waals surface area contributed by atoms with Crippen LogP contribution in [0.4, 0.5) is 0 Å². The van der Waals surface area contributed by atoms with Crippen LogP contribution in [0.5, 0.6) is 0 Å². The van der Waals surface area contributed by atoms with Crippen LogP contribution in [0.1, 0.15) is 0 Å². The fraction of sp³-hybridized carbons (Fsp3) is 0.111. The van der Waals surface area contributed by atoms with Gasteiger partial charge in [0, 0.05) is 11.8 Å².